The molecule has 36 heavy (non-hydrogen) atoms. The Kier molecular flexibility index (Phi) is 6.13. The SMILES string of the molecule is CN(CCNC(=O)c1ccc2c(c1)C(C)(C)c1[nH]c3cc(C#N)ccc3c1C2=O)C(=O)OC(C)(C)C.[HH].[HH].[HH]. The summed E-state index contributed by atoms with van der Waals surface area (Å²) in [6.45, 7) is 9.95. The van der Waals surface area contributed by atoms with Gasteiger partial charge in [-0.25, -0.2) is 4.79 Å². The van der Waals surface area contributed by atoms with E-state index in [4.69, 9.17) is 4.74 Å². The lowest BCUT2D eigenvalue weighted by Gasteiger charge is -2.32. The van der Waals surface area contributed by atoms with E-state index in [2.05, 4.69) is 16.4 Å². The topological polar surface area (TPSA) is 115 Å². The van der Waals surface area contributed by atoms with Crippen molar-refractivity contribution >= 4 is 28.7 Å². The first kappa shape index (κ1) is 25.0. The van der Waals surface area contributed by atoms with E-state index in [1.54, 1.807) is 64.2 Å². The minimum atomic E-state index is -0.592. The summed E-state index contributed by atoms with van der Waals surface area (Å²) in [7, 11) is 1.62. The summed E-state index contributed by atoms with van der Waals surface area (Å²) in [5.41, 5.74) is 3.20. The molecule has 2 aromatic carbocycles. The second-order valence-electron chi connectivity index (χ2n) is 10.6. The highest BCUT2D eigenvalue weighted by molar-refractivity contribution is 6.20. The monoisotopic (exact) mass is 492 g/mol. The van der Waals surface area contributed by atoms with Gasteiger partial charge in [0.1, 0.15) is 5.60 Å². The zero-order valence-corrected chi connectivity index (χ0v) is 21.4. The van der Waals surface area contributed by atoms with Crippen LogP contribution in [0.3, 0.4) is 0 Å². The molecule has 0 radical (unpaired) electrons. The van der Waals surface area contributed by atoms with Crippen molar-refractivity contribution in [3.8, 4) is 6.07 Å². The number of rotatable bonds is 4. The highest BCUT2D eigenvalue weighted by Gasteiger charge is 2.40. The lowest BCUT2D eigenvalue weighted by Crippen LogP contribution is -2.39. The number of H-pyrrole nitrogens is 1. The number of ketones is 1. The molecule has 0 spiro atoms. The predicted octanol–water partition coefficient (Wildman–Crippen LogP) is 5.24. The lowest BCUT2D eigenvalue weighted by molar-refractivity contribution is 0.0299. The van der Waals surface area contributed by atoms with Crippen molar-refractivity contribution in [2.75, 3.05) is 20.1 Å². The number of ether oxygens (including phenoxy) is 1. The third-order valence-corrected chi connectivity index (χ3v) is 6.42. The zero-order valence-electron chi connectivity index (χ0n) is 21.4. The number of aromatic nitrogens is 1. The Bertz CT molecular complexity index is 1450. The number of fused-ring (bicyclic) bond motifs is 4. The maximum Gasteiger partial charge on any atom is 0.410 e. The van der Waals surface area contributed by atoms with Gasteiger partial charge < -0.3 is 19.9 Å². The van der Waals surface area contributed by atoms with Crippen LogP contribution in [0.2, 0.25) is 0 Å². The molecule has 2 amide bonds. The molecule has 1 aliphatic rings. The number of likely N-dealkylation sites (N-methyl/N-ethyl adjacent to an activating group) is 1. The zero-order chi connectivity index (χ0) is 26.4. The van der Waals surface area contributed by atoms with Gasteiger partial charge >= 0.3 is 6.09 Å². The van der Waals surface area contributed by atoms with E-state index in [0.29, 0.717) is 28.8 Å². The average Bonchev–Trinajstić information content (AvgIpc) is 3.21. The van der Waals surface area contributed by atoms with Crippen molar-refractivity contribution in [2.24, 2.45) is 0 Å². The largest absolute Gasteiger partial charge is 0.444 e. The first-order valence-corrected chi connectivity index (χ1v) is 11.8. The number of carbonyl (C=O) groups is 3. The van der Waals surface area contributed by atoms with Crippen molar-refractivity contribution < 1.29 is 23.4 Å². The average molecular weight is 493 g/mol. The van der Waals surface area contributed by atoms with Crippen LogP contribution in [0.25, 0.3) is 10.9 Å². The first-order chi connectivity index (χ1) is 16.8. The van der Waals surface area contributed by atoms with E-state index in [1.165, 1.54) is 4.90 Å². The molecule has 1 aromatic heterocycles. The number of aromatic amines is 1. The van der Waals surface area contributed by atoms with Crippen LogP contribution in [0.1, 0.15) is 82.0 Å². The molecular formula is C28H36N4O4. The highest BCUT2D eigenvalue weighted by atomic mass is 16.6. The second-order valence-corrected chi connectivity index (χ2v) is 10.6. The van der Waals surface area contributed by atoms with Crippen molar-refractivity contribution in [1.29, 1.82) is 5.26 Å². The van der Waals surface area contributed by atoms with Gasteiger partial charge in [0.15, 0.2) is 5.78 Å². The number of nitriles is 1. The number of amides is 2. The molecule has 0 unspecified atom stereocenters. The van der Waals surface area contributed by atoms with Crippen LogP contribution in [0, 0.1) is 11.3 Å². The van der Waals surface area contributed by atoms with Gasteiger partial charge in [-0.1, -0.05) is 19.9 Å². The number of nitrogens with zero attached hydrogens (tertiary/aromatic N) is 2. The number of hydrogen-bond acceptors (Lipinski definition) is 5. The molecule has 192 valence electrons. The molecular weight excluding hydrogens is 456 g/mol. The normalized spacial score (nSPS) is 14.0. The van der Waals surface area contributed by atoms with Crippen LogP contribution >= 0.6 is 0 Å². The quantitative estimate of drug-likeness (QED) is 0.516. The Hall–Kier alpha value is -4.12. The molecule has 4 rings (SSSR count). The summed E-state index contributed by atoms with van der Waals surface area (Å²) in [5, 5.41) is 12.9. The molecule has 0 saturated heterocycles. The van der Waals surface area contributed by atoms with Gasteiger partial charge in [-0.2, -0.15) is 5.26 Å². The summed E-state index contributed by atoms with van der Waals surface area (Å²) < 4.78 is 5.32. The van der Waals surface area contributed by atoms with Gasteiger partial charge in [0.25, 0.3) is 5.91 Å². The predicted molar refractivity (Wildman–Crippen MR) is 143 cm³/mol. The third-order valence-electron chi connectivity index (χ3n) is 6.42. The number of benzene rings is 2. The fraction of sp³-hybridized carbons (Fsp3) is 0.357. The summed E-state index contributed by atoms with van der Waals surface area (Å²) in [5.74, 6) is -0.402. The van der Waals surface area contributed by atoms with Gasteiger partial charge in [0, 0.05) is 57.6 Å². The lowest BCUT2D eigenvalue weighted by atomic mass is 9.71. The number of nitrogens with one attached hydrogen (secondary N) is 2. The van der Waals surface area contributed by atoms with E-state index < -0.39 is 17.1 Å². The molecule has 3 aromatic rings. The molecule has 0 aliphatic heterocycles. The van der Waals surface area contributed by atoms with Crippen LogP contribution in [0.4, 0.5) is 4.79 Å². The van der Waals surface area contributed by atoms with Gasteiger partial charge in [-0.05, 0) is 56.7 Å². The van der Waals surface area contributed by atoms with E-state index in [0.717, 1.165) is 22.2 Å². The van der Waals surface area contributed by atoms with Crippen molar-refractivity contribution in [1.82, 2.24) is 15.2 Å². The van der Waals surface area contributed by atoms with Crippen molar-refractivity contribution in [2.45, 2.75) is 45.6 Å². The first-order valence-electron chi connectivity index (χ1n) is 11.8. The Morgan fingerprint density at radius 1 is 1.19 bits per heavy atom. The van der Waals surface area contributed by atoms with Gasteiger partial charge in [-0.15, -0.1) is 0 Å². The Morgan fingerprint density at radius 2 is 1.92 bits per heavy atom. The Balaban J connectivity index is 0.00000253. The minimum absolute atomic E-state index is 0. The Morgan fingerprint density at radius 3 is 2.58 bits per heavy atom. The van der Waals surface area contributed by atoms with Crippen molar-refractivity contribution in [3.05, 3.63) is 69.9 Å². The van der Waals surface area contributed by atoms with Crippen LogP contribution in [-0.4, -0.2) is 53.4 Å². The molecule has 2 N–H and O–H groups in total. The van der Waals surface area contributed by atoms with E-state index in [9.17, 15) is 19.6 Å². The third kappa shape index (κ3) is 4.44. The molecule has 8 nitrogen and oxygen atoms in total. The van der Waals surface area contributed by atoms with Crippen molar-refractivity contribution in [3.63, 3.8) is 0 Å². The fourth-order valence-electron chi connectivity index (χ4n) is 4.51. The van der Waals surface area contributed by atoms with E-state index >= 15 is 0 Å². The van der Waals surface area contributed by atoms with Gasteiger partial charge in [0.2, 0.25) is 0 Å². The fourth-order valence-corrected chi connectivity index (χ4v) is 4.51. The maximum atomic E-state index is 13.5. The molecule has 0 bridgehead atoms. The van der Waals surface area contributed by atoms with E-state index in [-0.39, 0.29) is 22.5 Å². The van der Waals surface area contributed by atoms with E-state index in [1.807, 2.05) is 13.8 Å². The summed E-state index contributed by atoms with van der Waals surface area (Å²) in [4.78, 5) is 43.2. The molecule has 0 atom stereocenters. The van der Waals surface area contributed by atoms with Crippen LogP contribution < -0.4 is 5.32 Å². The maximum absolute atomic E-state index is 13.5. The summed E-state index contributed by atoms with van der Waals surface area (Å²) in [6.07, 6.45) is -0.457. The number of hydrogen-bond donors (Lipinski definition) is 2. The number of carbonyl (C=O) groups excluding carboxylic acids is 3. The van der Waals surface area contributed by atoms with Gasteiger partial charge in [0.05, 0.1) is 17.2 Å². The molecule has 0 saturated carbocycles. The highest BCUT2D eigenvalue weighted by Crippen LogP contribution is 2.44. The summed E-state index contributed by atoms with van der Waals surface area (Å²) in [6, 6.07) is 12.5. The van der Waals surface area contributed by atoms with Crippen LogP contribution in [0.5, 0.6) is 0 Å². The Labute approximate surface area is 214 Å². The smallest absolute Gasteiger partial charge is 0.410 e. The molecule has 1 aliphatic carbocycles. The second kappa shape index (κ2) is 8.83. The minimum Gasteiger partial charge on any atom is -0.444 e. The van der Waals surface area contributed by atoms with Gasteiger partial charge in [-0.3, -0.25) is 9.59 Å². The van der Waals surface area contributed by atoms with Crippen LogP contribution in [-0.2, 0) is 10.2 Å². The molecule has 1 heterocycles. The summed E-state index contributed by atoms with van der Waals surface area (Å²) >= 11 is 0. The molecule has 0 fully saturated rings. The van der Waals surface area contributed by atoms with Crippen LogP contribution in [0.15, 0.2) is 36.4 Å². The standard InChI is InChI=1S/C28H30N4O4.3H2/c1-27(2,3)36-26(35)32(6)12-11-30-25(34)17-8-10-18-20(14-17)28(4,5)24-22(23(18)33)19-9-7-16(15-29)13-21(19)31-24;;;/h7-10,13-14,31H,11-12H2,1-6H3,(H,30,34);3*1H. The molecule has 8 heteroatoms.